The Labute approximate surface area is 136 Å². The van der Waals surface area contributed by atoms with Crippen LogP contribution < -0.4 is 5.32 Å². The fraction of sp³-hybridized carbons (Fsp3) is 0.533. The van der Waals surface area contributed by atoms with Gasteiger partial charge in [0, 0.05) is 23.7 Å². The van der Waals surface area contributed by atoms with E-state index in [2.05, 4.69) is 5.32 Å². The Hall–Kier alpha value is -1.05. The summed E-state index contributed by atoms with van der Waals surface area (Å²) in [5.74, 6) is -0.306. The van der Waals surface area contributed by atoms with Gasteiger partial charge in [0.1, 0.15) is 0 Å². The zero-order chi connectivity index (χ0) is 16.2. The molecule has 1 aliphatic heterocycles. The standard InChI is InChI=1S/C15H22N2O3S2/c1-3-22(19,20)17-9-5-6-12(11-17)15(18)16-13-7-4-8-14(10-13)21-2/h4,7-8,10,12H,3,5-6,9,11H2,1-2H3,(H,16,18)/t12-/m0/s1. The molecule has 1 saturated heterocycles. The van der Waals surface area contributed by atoms with Crippen molar-refractivity contribution in [3.05, 3.63) is 24.3 Å². The SMILES string of the molecule is CCS(=O)(=O)N1CCC[C@H](C(=O)Nc2cccc(SC)c2)C1. The summed E-state index contributed by atoms with van der Waals surface area (Å²) >= 11 is 1.61. The van der Waals surface area contributed by atoms with Crippen LogP contribution in [0.15, 0.2) is 29.2 Å². The predicted molar refractivity (Wildman–Crippen MR) is 90.6 cm³/mol. The lowest BCUT2D eigenvalue weighted by atomic mass is 9.99. The predicted octanol–water partition coefficient (Wildman–Crippen LogP) is 2.41. The summed E-state index contributed by atoms with van der Waals surface area (Å²) in [4.78, 5) is 13.5. The van der Waals surface area contributed by atoms with Crippen LogP contribution in [0.25, 0.3) is 0 Å². The van der Waals surface area contributed by atoms with Crippen molar-refractivity contribution in [1.82, 2.24) is 4.31 Å². The molecule has 1 aliphatic rings. The van der Waals surface area contributed by atoms with Crippen molar-refractivity contribution in [3.63, 3.8) is 0 Å². The zero-order valence-corrected chi connectivity index (χ0v) is 14.5. The van der Waals surface area contributed by atoms with Crippen molar-refractivity contribution in [2.75, 3.05) is 30.4 Å². The molecule has 0 bridgehead atoms. The van der Waals surface area contributed by atoms with Crippen molar-refractivity contribution >= 4 is 33.4 Å². The van der Waals surface area contributed by atoms with Crippen molar-refractivity contribution in [2.24, 2.45) is 5.92 Å². The van der Waals surface area contributed by atoms with Gasteiger partial charge in [-0.2, -0.15) is 0 Å². The summed E-state index contributed by atoms with van der Waals surface area (Å²) in [7, 11) is -3.22. The second kappa shape index (κ2) is 7.48. The Kier molecular flexibility index (Phi) is 5.88. The number of piperidine rings is 1. The van der Waals surface area contributed by atoms with Crippen LogP contribution in [0.2, 0.25) is 0 Å². The number of rotatable bonds is 5. The molecule has 1 aromatic carbocycles. The second-order valence-corrected chi connectivity index (χ2v) is 8.46. The molecule has 1 aromatic rings. The maximum absolute atomic E-state index is 12.4. The first-order valence-electron chi connectivity index (χ1n) is 7.39. The molecule has 0 radical (unpaired) electrons. The average Bonchev–Trinajstić information content (AvgIpc) is 2.55. The van der Waals surface area contributed by atoms with Crippen LogP contribution in [-0.2, 0) is 14.8 Å². The molecule has 0 saturated carbocycles. The van der Waals surface area contributed by atoms with E-state index in [9.17, 15) is 13.2 Å². The van der Waals surface area contributed by atoms with Crippen LogP contribution in [0, 0.1) is 5.92 Å². The molecular formula is C15H22N2O3S2. The molecule has 1 fully saturated rings. The molecule has 2 rings (SSSR count). The lowest BCUT2D eigenvalue weighted by Gasteiger charge is -2.30. The maximum Gasteiger partial charge on any atom is 0.228 e. The van der Waals surface area contributed by atoms with Gasteiger partial charge in [-0.3, -0.25) is 4.79 Å². The third-order valence-corrected chi connectivity index (χ3v) is 6.42. The van der Waals surface area contributed by atoms with E-state index >= 15 is 0 Å². The van der Waals surface area contributed by atoms with E-state index in [0.717, 1.165) is 23.4 Å². The van der Waals surface area contributed by atoms with E-state index in [4.69, 9.17) is 0 Å². The molecule has 22 heavy (non-hydrogen) atoms. The molecular weight excluding hydrogens is 320 g/mol. The Bertz CT molecular complexity index is 631. The number of anilines is 1. The first-order valence-corrected chi connectivity index (χ1v) is 10.2. The van der Waals surface area contributed by atoms with Crippen LogP contribution in [0.5, 0.6) is 0 Å². The monoisotopic (exact) mass is 342 g/mol. The van der Waals surface area contributed by atoms with Gasteiger partial charge in [-0.1, -0.05) is 6.07 Å². The van der Waals surface area contributed by atoms with Crippen molar-refractivity contribution in [1.29, 1.82) is 0 Å². The van der Waals surface area contributed by atoms with Crippen LogP contribution in [0.4, 0.5) is 5.69 Å². The number of sulfonamides is 1. The molecule has 1 N–H and O–H groups in total. The minimum atomic E-state index is -3.22. The number of amides is 1. The number of carbonyl (C=O) groups is 1. The molecule has 5 nitrogen and oxygen atoms in total. The lowest BCUT2D eigenvalue weighted by molar-refractivity contribution is -0.120. The van der Waals surface area contributed by atoms with Crippen LogP contribution in [0.3, 0.4) is 0 Å². The second-order valence-electron chi connectivity index (χ2n) is 5.32. The third-order valence-electron chi connectivity index (χ3n) is 3.85. The summed E-state index contributed by atoms with van der Waals surface area (Å²) in [6, 6.07) is 7.65. The molecule has 1 atom stereocenters. The molecule has 0 unspecified atom stereocenters. The van der Waals surface area contributed by atoms with E-state index in [1.807, 2.05) is 30.5 Å². The number of nitrogens with one attached hydrogen (secondary N) is 1. The van der Waals surface area contributed by atoms with Gasteiger partial charge in [0.05, 0.1) is 11.7 Å². The summed E-state index contributed by atoms with van der Waals surface area (Å²) in [5, 5.41) is 2.90. The number of hydrogen-bond acceptors (Lipinski definition) is 4. The quantitative estimate of drug-likeness (QED) is 0.835. The van der Waals surface area contributed by atoms with Crippen molar-refractivity contribution < 1.29 is 13.2 Å². The molecule has 0 spiro atoms. The van der Waals surface area contributed by atoms with Gasteiger partial charge in [-0.15, -0.1) is 11.8 Å². The fourth-order valence-electron chi connectivity index (χ4n) is 2.54. The van der Waals surface area contributed by atoms with Crippen molar-refractivity contribution in [2.45, 2.75) is 24.7 Å². The highest BCUT2D eigenvalue weighted by atomic mass is 32.2. The Morgan fingerprint density at radius 1 is 1.45 bits per heavy atom. The van der Waals surface area contributed by atoms with E-state index < -0.39 is 10.0 Å². The van der Waals surface area contributed by atoms with Crippen LogP contribution >= 0.6 is 11.8 Å². The Morgan fingerprint density at radius 3 is 2.91 bits per heavy atom. The zero-order valence-electron chi connectivity index (χ0n) is 12.9. The highest BCUT2D eigenvalue weighted by Crippen LogP contribution is 2.23. The average molecular weight is 342 g/mol. The minimum Gasteiger partial charge on any atom is -0.326 e. The number of nitrogens with zero attached hydrogens (tertiary/aromatic N) is 1. The third kappa shape index (κ3) is 4.24. The fourth-order valence-corrected chi connectivity index (χ4v) is 4.18. The van der Waals surface area contributed by atoms with Gasteiger partial charge in [0.25, 0.3) is 0 Å². The van der Waals surface area contributed by atoms with Crippen molar-refractivity contribution in [3.8, 4) is 0 Å². The smallest absolute Gasteiger partial charge is 0.228 e. The summed E-state index contributed by atoms with van der Waals surface area (Å²) in [6.07, 6.45) is 3.43. The van der Waals surface area contributed by atoms with Crippen LogP contribution in [0.1, 0.15) is 19.8 Å². The first kappa shape index (κ1) is 17.3. The normalized spacial score (nSPS) is 19.8. The molecule has 1 heterocycles. The Morgan fingerprint density at radius 2 is 2.23 bits per heavy atom. The topological polar surface area (TPSA) is 66.5 Å². The highest BCUT2D eigenvalue weighted by Gasteiger charge is 2.31. The summed E-state index contributed by atoms with van der Waals surface area (Å²) in [5.41, 5.74) is 0.757. The molecule has 122 valence electrons. The molecule has 7 heteroatoms. The van der Waals surface area contributed by atoms with Gasteiger partial charge in [0.2, 0.25) is 15.9 Å². The lowest BCUT2D eigenvalue weighted by Crippen LogP contribution is -2.44. The Balaban J connectivity index is 2.03. The molecule has 0 aliphatic carbocycles. The van der Waals surface area contributed by atoms with Crippen LogP contribution in [-0.4, -0.2) is 43.7 Å². The number of thioether (sulfide) groups is 1. The van der Waals surface area contributed by atoms with Gasteiger partial charge >= 0.3 is 0 Å². The van der Waals surface area contributed by atoms with E-state index in [1.165, 1.54) is 4.31 Å². The molecule has 1 amide bonds. The minimum absolute atomic E-state index is 0.0805. The number of benzene rings is 1. The van der Waals surface area contributed by atoms with E-state index in [-0.39, 0.29) is 24.1 Å². The summed E-state index contributed by atoms with van der Waals surface area (Å²) < 4.78 is 25.4. The highest BCUT2D eigenvalue weighted by molar-refractivity contribution is 7.98. The first-order chi connectivity index (χ1) is 10.5. The molecule has 0 aromatic heterocycles. The van der Waals surface area contributed by atoms with E-state index in [1.54, 1.807) is 18.7 Å². The van der Waals surface area contributed by atoms with E-state index in [0.29, 0.717) is 6.54 Å². The number of carbonyl (C=O) groups excluding carboxylic acids is 1. The largest absolute Gasteiger partial charge is 0.326 e. The van der Waals surface area contributed by atoms with Gasteiger partial charge in [-0.25, -0.2) is 12.7 Å². The number of hydrogen-bond donors (Lipinski definition) is 1. The van der Waals surface area contributed by atoms with Gasteiger partial charge < -0.3 is 5.32 Å². The summed E-state index contributed by atoms with van der Waals surface area (Å²) in [6.45, 7) is 2.43. The maximum atomic E-state index is 12.4. The van der Waals surface area contributed by atoms with Gasteiger partial charge in [-0.05, 0) is 44.2 Å². The van der Waals surface area contributed by atoms with Gasteiger partial charge in [0.15, 0.2) is 0 Å².